The monoisotopic (exact) mass is 341 g/mol. The van der Waals surface area contributed by atoms with Crippen LogP contribution in [0.1, 0.15) is 30.5 Å². The summed E-state index contributed by atoms with van der Waals surface area (Å²) in [4.78, 5) is 20.1. The number of nitrogens with zero attached hydrogens (tertiary/aromatic N) is 2. The molecule has 128 valence electrons. The molecule has 1 aliphatic heterocycles. The Morgan fingerprint density at radius 2 is 1.62 bits per heavy atom. The van der Waals surface area contributed by atoms with Crippen molar-refractivity contribution in [3.63, 3.8) is 0 Å². The molecule has 2 aromatic carbocycles. The summed E-state index contributed by atoms with van der Waals surface area (Å²) in [5, 5.41) is 0. The normalized spacial score (nSPS) is 21.4. The highest BCUT2D eigenvalue weighted by Gasteiger charge is 2.42. The highest BCUT2D eigenvalue weighted by Crippen LogP contribution is 2.48. The zero-order valence-electron chi connectivity index (χ0n) is 14.5. The summed E-state index contributed by atoms with van der Waals surface area (Å²) in [5.74, 6) is 0.530. The Kier molecular flexibility index (Phi) is 3.16. The van der Waals surface area contributed by atoms with E-state index in [9.17, 15) is 4.79 Å². The van der Waals surface area contributed by atoms with Gasteiger partial charge in [0.1, 0.15) is 5.84 Å². The van der Waals surface area contributed by atoms with Crippen molar-refractivity contribution in [2.45, 2.75) is 19.4 Å². The van der Waals surface area contributed by atoms with Gasteiger partial charge in [0.15, 0.2) is 0 Å². The molecule has 1 amide bonds. The fourth-order valence-corrected chi connectivity index (χ4v) is 4.34. The number of amides is 1. The third-order valence-corrected chi connectivity index (χ3v) is 5.50. The Balaban J connectivity index is 1.68. The van der Waals surface area contributed by atoms with Crippen LogP contribution in [0.2, 0.25) is 0 Å². The first-order valence-corrected chi connectivity index (χ1v) is 8.88. The summed E-state index contributed by atoms with van der Waals surface area (Å²) in [6.45, 7) is 1.92. The van der Waals surface area contributed by atoms with Gasteiger partial charge in [0, 0.05) is 12.1 Å². The second kappa shape index (κ2) is 5.43. The molecule has 1 heterocycles. The smallest absolute Gasteiger partial charge is 0.238 e. The van der Waals surface area contributed by atoms with Crippen LogP contribution in [0.15, 0.2) is 77.1 Å². The highest BCUT2D eigenvalue weighted by molar-refractivity contribution is 6.04. The van der Waals surface area contributed by atoms with Crippen molar-refractivity contribution >= 4 is 11.7 Å². The minimum atomic E-state index is -0.288. The Labute approximate surface area is 152 Å². The molecule has 2 aliphatic carbocycles. The van der Waals surface area contributed by atoms with Crippen molar-refractivity contribution in [3.05, 3.63) is 83.2 Å². The molecule has 0 spiro atoms. The van der Waals surface area contributed by atoms with E-state index in [4.69, 9.17) is 10.7 Å². The van der Waals surface area contributed by atoms with E-state index in [0.717, 1.165) is 28.4 Å². The topological polar surface area (TPSA) is 58.7 Å². The van der Waals surface area contributed by atoms with E-state index in [0.29, 0.717) is 6.42 Å². The average molecular weight is 341 g/mol. The number of allylic oxidation sites excluding steroid dienone is 3. The predicted molar refractivity (Wildman–Crippen MR) is 102 cm³/mol. The maximum absolute atomic E-state index is 13.4. The Morgan fingerprint density at radius 1 is 1.00 bits per heavy atom. The maximum Gasteiger partial charge on any atom is 0.238 e. The van der Waals surface area contributed by atoms with Crippen LogP contribution in [-0.4, -0.2) is 16.6 Å². The molecule has 5 rings (SSSR count). The van der Waals surface area contributed by atoms with Crippen molar-refractivity contribution in [3.8, 4) is 11.1 Å². The fraction of sp³-hybridized carbons (Fsp3) is 0.182. The van der Waals surface area contributed by atoms with E-state index < -0.39 is 0 Å². The molecule has 0 fully saturated rings. The van der Waals surface area contributed by atoms with Gasteiger partial charge < -0.3 is 5.73 Å². The van der Waals surface area contributed by atoms with Crippen LogP contribution >= 0.6 is 0 Å². The van der Waals surface area contributed by atoms with Gasteiger partial charge in [0.2, 0.25) is 5.91 Å². The van der Waals surface area contributed by atoms with Crippen molar-refractivity contribution in [2.75, 3.05) is 0 Å². The number of rotatable bonds is 1. The molecule has 0 saturated heterocycles. The molecule has 0 aromatic heterocycles. The number of aliphatic imine (C=N–C) groups is 1. The van der Waals surface area contributed by atoms with Gasteiger partial charge in [-0.05, 0) is 41.3 Å². The second-order valence-electron chi connectivity index (χ2n) is 7.03. The lowest BCUT2D eigenvalue weighted by molar-refractivity contribution is -0.132. The van der Waals surface area contributed by atoms with Gasteiger partial charge in [-0.25, -0.2) is 4.99 Å². The van der Waals surface area contributed by atoms with Gasteiger partial charge in [-0.15, -0.1) is 0 Å². The molecule has 1 atom stereocenters. The first-order valence-electron chi connectivity index (χ1n) is 8.88. The molecule has 2 aromatic rings. The number of fused-ring (bicyclic) bond motifs is 4. The number of benzene rings is 2. The van der Waals surface area contributed by atoms with E-state index in [1.54, 1.807) is 0 Å². The van der Waals surface area contributed by atoms with Crippen molar-refractivity contribution in [2.24, 2.45) is 16.6 Å². The van der Waals surface area contributed by atoms with Crippen LogP contribution in [-0.2, 0) is 4.79 Å². The zero-order chi connectivity index (χ0) is 17.8. The van der Waals surface area contributed by atoms with Crippen LogP contribution in [0.3, 0.4) is 0 Å². The van der Waals surface area contributed by atoms with Crippen LogP contribution in [0, 0.1) is 5.92 Å². The van der Waals surface area contributed by atoms with Gasteiger partial charge in [0.05, 0.1) is 17.7 Å². The van der Waals surface area contributed by atoms with Gasteiger partial charge in [-0.1, -0.05) is 48.5 Å². The summed E-state index contributed by atoms with van der Waals surface area (Å²) in [6, 6.07) is 16.5. The van der Waals surface area contributed by atoms with Gasteiger partial charge >= 0.3 is 0 Å². The average Bonchev–Trinajstić information content (AvgIpc) is 2.98. The minimum Gasteiger partial charge on any atom is -0.402 e. The van der Waals surface area contributed by atoms with E-state index in [-0.39, 0.29) is 17.9 Å². The minimum absolute atomic E-state index is 0.0799. The molecule has 26 heavy (non-hydrogen) atoms. The number of carbonyl (C=O) groups is 1. The van der Waals surface area contributed by atoms with Crippen LogP contribution in [0.25, 0.3) is 11.1 Å². The zero-order valence-corrected chi connectivity index (χ0v) is 14.5. The molecule has 0 radical (unpaired) electrons. The largest absolute Gasteiger partial charge is 0.402 e. The molecule has 3 aliphatic rings. The first-order chi connectivity index (χ1) is 12.6. The molecule has 4 nitrogen and oxygen atoms in total. The lowest BCUT2D eigenvalue weighted by Crippen LogP contribution is -2.46. The Bertz CT molecular complexity index is 986. The van der Waals surface area contributed by atoms with Gasteiger partial charge in [-0.3, -0.25) is 9.69 Å². The van der Waals surface area contributed by atoms with Crippen LogP contribution in [0.4, 0.5) is 0 Å². The molecule has 0 saturated carbocycles. The quantitative estimate of drug-likeness (QED) is 0.858. The Hall–Kier alpha value is -3.14. The summed E-state index contributed by atoms with van der Waals surface area (Å²) >= 11 is 0. The van der Waals surface area contributed by atoms with E-state index in [1.807, 2.05) is 48.2 Å². The number of nitrogens with two attached hydrogens (primary N) is 1. The van der Waals surface area contributed by atoms with Crippen LogP contribution in [0.5, 0.6) is 0 Å². The summed E-state index contributed by atoms with van der Waals surface area (Å²) in [6.07, 6.45) is 4.26. The second-order valence-corrected chi connectivity index (χ2v) is 7.03. The molecule has 4 heteroatoms. The van der Waals surface area contributed by atoms with Gasteiger partial charge in [-0.2, -0.15) is 0 Å². The van der Waals surface area contributed by atoms with E-state index in [1.165, 1.54) is 11.1 Å². The highest BCUT2D eigenvalue weighted by atomic mass is 16.2. The molecule has 0 bridgehead atoms. The lowest BCUT2D eigenvalue weighted by Gasteiger charge is -2.37. The molecular formula is C22H19N3O. The third kappa shape index (κ3) is 2.02. The third-order valence-electron chi connectivity index (χ3n) is 5.50. The number of hydrogen-bond donors (Lipinski definition) is 1. The maximum atomic E-state index is 13.4. The van der Waals surface area contributed by atoms with Gasteiger partial charge in [0.25, 0.3) is 0 Å². The Morgan fingerprint density at radius 3 is 2.27 bits per heavy atom. The van der Waals surface area contributed by atoms with E-state index in [2.05, 4.69) is 24.3 Å². The summed E-state index contributed by atoms with van der Waals surface area (Å²) in [7, 11) is 0. The van der Waals surface area contributed by atoms with Crippen LogP contribution < -0.4 is 5.73 Å². The fourth-order valence-electron chi connectivity index (χ4n) is 4.34. The molecule has 2 N–H and O–H groups in total. The van der Waals surface area contributed by atoms with Crippen molar-refractivity contribution < 1.29 is 4.79 Å². The lowest BCUT2D eigenvalue weighted by atomic mass is 9.90. The predicted octanol–water partition coefficient (Wildman–Crippen LogP) is 3.76. The number of carbonyl (C=O) groups excluding carboxylic acids is 1. The number of hydrogen-bond acceptors (Lipinski definition) is 3. The first kappa shape index (κ1) is 15.1. The summed E-state index contributed by atoms with van der Waals surface area (Å²) < 4.78 is 0. The SMILES string of the molecule is CC1=NC2=CC=C(N)CC2C(=O)N1C1c2ccccc2-c2ccccc21. The summed E-state index contributed by atoms with van der Waals surface area (Å²) in [5.41, 5.74) is 12.2. The number of amidine groups is 1. The van der Waals surface area contributed by atoms with E-state index >= 15 is 0 Å². The van der Waals surface area contributed by atoms with Crippen molar-refractivity contribution in [1.29, 1.82) is 0 Å². The van der Waals surface area contributed by atoms with Crippen molar-refractivity contribution in [1.82, 2.24) is 4.90 Å². The standard InChI is InChI=1S/C22H19N3O/c1-13-24-20-11-10-14(23)12-19(20)22(26)25(13)21-17-8-4-2-6-15(17)16-7-3-5-9-18(16)21/h2-11,19,21H,12,23H2,1H3. The molecule has 1 unspecified atom stereocenters. The molecular weight excluding hydrogens is 322 g/mol.